The van der Waals surface area contributed by atoms with Crippen molar-refractivity contribution in [3.8, 4) is 0 Å². The maximum absolute atomic E-state index is 13.7. The number of nitrogen functional groups attached to an aromatic ring is 1. The number of anilines is 1. The average Bonchev–Trinajstić information content (AvgIpc) is 2.99. The first kappa shape index (κ1) is 20.0. The lowest BCUT2D eigenvalue weighted by Crippen LogP contribution is -2.54. The Hall–Kier alpha value is -1.88. The topological polar surface area (TPSA) is 55.1 Å². The number of para-hydroxylation sites is 2. The molecular formula is C25H37N4O+. The van der Waals surface area contributed by atoms with Gasteiger partial charge in [0.05, 0.1) is 6.54 Å². The molecule has 5 nitrogen and oxygen atoms in total. The molecule has 0 radical (unpaired) electrons. The molecule has 162 valence electrons. The lowest BCUT2D eigenvalue weighted by atomic mass is 9.48. The standard InChI is InChI=1S/C25H36N4O/c1-3-27(4-2)9-10-28-21-7-5-6-8-22(21)29(24(28)26)17-23(30)25-14-18-11-19(15-25)13-20(12-18)16-25/h5-8,18-20,26H,3-4,9-17H2,1-2H3/p+1. The summed E-state index contributed by atoms with van der Waals surface area (Å²) in [6, 6.07) is 8.38. The molecule has 4 fully saturated rings. The molecule has 6 rings (SSSR count). The molecule has 4 aliphatic rings. The van der Waals surface area contributed by atoms with E-state index in [2.05, 4.69) is 52.1 Å². The second-order valence-corrected chi connectivity index (χ2v) is 10.2. The van der Waals surface area contributed by atoms with Gasteiger partial charge in [-0.1, -0.05) is 26.0 Å². The third-order valence-corrected chi connectivity index (χ3v) is 8.48. The van der Waals surface area contributed by atoms with Crippen molar-refractivity contribution in [3.63, 3.8) is 0 Å². The minimum atomic E-state index is -0.0708. The SMILES string of the molecule is CCN(CC)CCn1c(N)[n+](CC(=O)C23CC4CC(CC(C4)C2)C3)c2ccccc21. The van der Waals surface area contributed by atoms with Gasteiger partial charge >= 0.3 is 5.95 Å². The van der Waals surface area contributed by atoms with Gasteiger partial charge < -0.3 is 4.90 Å². The highest BCUT2D eigenvalue weighted by atomic mass is 16.1. The van der Waals surface area contributed by atoms with E-state index in [1.165, 1.54) is 19.3 Å². The molecule has 0 amide bonds. The van der Waals surface area contributed by atoms with Crippen LogP contribution in [0.25, 0.3) is 11.0 Å². The zero-order chi connectivity index (χ0) is 20.9. The second kappa shape index (κ2) is 7.67. The van der Waals surface area contributed by atoms with E-state index in [0.29, 0.717) is 12.3 Å². The van der Waals surface area contributed by atoms with Crippen molar-refractivity contribution in [3.05, 3.63) is 24.3 Å². The highest BCUT2D eigenvalue weighted by Crippen LogP contribution is 2.60. The largest absolute Gasteiger partial charge is 0.356 e. The van der Waals surface area contributed by atoms with Gasteiger partial charge in [0, 0.05) is 12.0 Å². The second-order valence-electron chi connectivity index (χ2n) is 10.2. The maximum Gasteiger partial charge on any atom is 0.356 e. The van der Waals surface area contributed by atoms with Gasteiger partial charge in [0.2, 0.25) is 0 Å². The Morgan fingerprint density at radius 3 is 2.30 bits per heavy atom. The van der Waals surface area contributed by atoms with E-state index < -0.39 is 0 Å². The normalized spacial score (nSPS) is 29.9. The van der Waals surface area contributed by atoms with Crippen LogP contribution < -0.4 is 10.3 Å². The van der Waals surface area contributed by atoms with Gasteiger partial charge in [0.15, 0.2) is 5.78 Å². The quantitative estimate of drug-likeness (QED) is 0.677. The summed E-state index contributed by atoms with van der Waals surface area (Å²) >= 11 is 0. The van der Waals surface area contributed by atoms with Crippen LogP contribution in [-0.4, -0.2) is 34.9 Å². The lowest BCUT2D eigenvalue weighted by Gasteiger charge is -2.55. The molecule has 2 aromatic rings. The van der Waals surface area contributed by atoms with Gasteiger partial charge in [0.25, 0.3) is 0 Å². The molecule has 0 spiro atoms. The molecule has 5 heteroatoms. The Labute approximate surface area is 180 Å². The summed E-state index contributed by atoms with van der Waals surface area (Å²) in [6.07, 6.45) is 7.47. The summed E-state index contributed by atoms with van der Waals surface area (Å²) < 4.78 is 4.30. The van der Waals surface area contributed by atoms with Crippen molar-refractivity contribution in [2.75, 3.05) is 25.4 Å². The molecule has 4 bridgehead atoms. The molecule has 1 aromatic heterocycles. The number of hydrogen-bond acceptors (Lipinski definition) is 3. The molecule has 4 saturated carbocycles. The van der Waals surface area contributed by atoms with E-state index in [4.69, 9.17) is 5.73 Å². The summed E-state index contributed by atoms with van der Waals surface area (Å²) in [5, 5.41) is 0. The highest BCUT2D eigenvalue weighted by molar-refractivity contribution is 5.85. The monoisotopic (exact) mass is 409 g/mol. The number of benzene rings is 1. The molecule has 2 N–H and O–H groups in total. The van der Waals surface area contributed by atoms with Crippen LogP contribution in [0.4, 0.5) is 5.95 Å². The molecule has 4 aliphatic carbocycles. The first-order valence-corrected chi connectivity index (χ1v) is 12.0. The third-order valence-electron chi connectivity index (χ3n) is 8.48. The molecule has 1 aromatic carbocycles. The minimum absolute atomic E-state index is 0.0708. The smallest absolute Gasteiger partial charge is 0.301 e. The van der Waals surface area contributed by atoms with Crippen molar-refractivity contribution < 1.29 is 9.36 Å². The van der Waals surface area contributed by atoms with Crippen molar-refractivity contribution in [1.29, 1.82) is 0 Å². The van der Waals surface area contributed by atoms with E-state index in [9.17, 15) is 4.79 Å². The van der Waals surface area contributed by atoms with Gasteiger partial charge in [-0.05, 0) is 81.5 Å². The number of imidazole rings is 1. The zero-order valence-corrected chi connectivity index (χ0v) is 18.6. The van der Waals surface area contributed by atoms with Crippen LogP contribution in [0.3, 0.4) is 0 Å². The number of likely N-dealkylation sites (N-methyl/N-ethyl adjacent to an activating group) is 1. The minimum Gasteiger partial charge on any atom is -0.301 e. The van der Waals surface area contributed by atoms with Crippen LogP contribution in [-0.2, 0) is 17.9 Å². The third kappa shape index (κ3) is 3.26. The summed E-state index contributed by atoms with van der Waals surface area (Å²) in [4.78, 5) is 16.2. The fraction of sp³-hybridized carbons (Fsp3) is 0.680. The van der Waals surface area contributed by atoms with E-state index in [1.807, 2.05) is 0 Å². The van der Waals surface area contributed by atoms with Gasteiger partial charge in [-0.25, -0.2) is 9.13 Å². The Kier molecular flexibility index (Phi) is 5.12. The first-order chi connectivity index (χ1) is 14.5. The number of carbonyl (C=O) groups is 1. The number of hydrogen-bond donors (Lipinski definition) is 1. The molecule has 1 heterocycles. The number of aromatic nitrogens is 2. The Balaban J connectivity index is 1.43. The summed E-state index contributed by atoms with van der Waals surface area (Å²) in [6.45, 7) is 8.73. The van der Waals surface area contributed by atoms with E-state index >= 15 is 0 Å². The van der Waals surface area contributed by atoms with Crippen LogP contribution in [0.5, 0.6) is 0 Å². The first-order valence-electron chi connectivity index (χ1n) is 12.0. The maximum atomic E-state index is 13.7. The van der Waals surface area contributed by atoms with E-state index in [-0.39, 0.29) is 5.41 Å². The molecule has 0 aliphatic heterocycles. The number of Topliss-reactive ketones (excluding diaryl/α,β-unsaturated/α-hetero) is 1. The number of fused-ring (bicyclic) bond motifs is 1. The Morgan fingerprint density at radius 2 is 1.70 bits per heavy atom. The van der Waals surface area contributed by atoms with Crippen LogP contribution in [0.1, 0.15) is 52.4 Å². The van der Waals surface area contributed by atoms with E-state index in [0.717, 1.165) is 80.2 Å². The summed E-state index contributed by atoms with van der Waals surface area (Å²) in [5.41, 5.74) is 8.84. The average molecular weight is 410 g/mol. The Morgan fingerprint density at radius 1 is 1.10 bits per heavy atom. The number of nitrogens with zero attached hydrogens (tertiary/aromatic N) is 3. The number of carbonyl (C=O) groups excluding carboxylic acids is 1. The predicted octanol–water partition coefficient (Wildman–Crippen LogP) is 3.64. The van der Waals surface area contributed by atoms with Crippen molar-refractivity contribution in [2.24, 2.45) is 23.2 Å². The summed E-state index contributed by atoms with van der Waals surface area (Å²) in [7, 11) is 0. The van der Waals surface area contributed by atoms with Crippen molar-refractivity contribution in [1.82, 2.24) is 9.47 Å². The number of ketones is 1. The Bertz CT molecular complexity index is 907. The number of nitrogens with two attached hydrogens (primary N) is 1. The highest BCUT2D eigenvalue weighted by Gasteiger charge is 2.54. The molecule has 30 heavy (non-hydrogen) atoms. The van der Waals surface area contributed by atoms with Gasteiger partial charge in [-0.3, -0.25) is 10.5 Å². The van der Waals surface area contributed by atoms with E-state index in [1.54, 1.807) is 0 Å². The summed E-state index contributed by atoms with van der Waals surface area (Å²) in [5.74, 6) is 3.53. The van der Waals surface area contributed by atoms with Crippen LogP contribution in [0.15, 0.2) is 24.3 Å². The van der Waals surface area contributed by atoms with Crippen LogP contribution in [0.2, 0.25) is 0 Å². The fourth-order valence-electron chi connectivity index (χ4n) is 7.26. The zero-order valence-electron chi connectivity index (χ0n) is 18.6. The number of rotatable bonds is 8. The van der Waals surface area contributed by atoms with Gasteiger partial charge in [-0.15, -0.1) is 0 Å². The van der Waals surface area contributed by atoms with Crippen LogP contribution >= 0.6 is 0 Å². The van der Waals surface area contributed by atoms with Crippen molar-refractivity contribution >= 4 is 22.8 Å². The molecular weight excluding hydrogens is 372 g/mol. The molecule has 0 unspecified atom stereocenters. The molecule has 0 saturated heterocycles. The van der Waals surface area contributed by atoms with Gasteiger partial charge in [-0.2, -0.15) is 0 Å². The fourth-order valence-corrected chi connectivity index (χ4v) is 7.26. The molecule has 0 atom stereocenters. The lowest BCUT2D eigenvalue weighted by molar-refractivity contribution is -0.644. The van der Waals surface area contributed by atoms with Gasteiger partial charge in [0.1, 0.15) is 17.6 Å². The predicted molar refractivity (Wildman–Crippen MR) is 120 cm³/mol. The van der Waals surface area contributed by atoms with Crippen LogP contribution in [0, 0.1) is 23.2 Å². The van der Waals surface area contributed by atoms with Crippen molar-refractivity contribution in [2.45, 2.75) is 65.5 Å².